The highest BCUT2D eigenvalue weighted by Crippen LogP contribution is 2.32. The van der Waals surface area contributed by atoms with Crippen LogP contribution in [0, 0.1) is 13.8 Å². The Morgan fingerprint density at radius 3 is 2.83 bits per heavy atom. The number of likely N-dealkylation sites (tertiary alicyclic amines) is 1. The molecule has 3 rings (SSSR count). The van der Waals surface area contributed by atoms with Crippen molar-refractivity contribution < 1.29 is 4.79 Å². The summed E-state index contributed by atoms with van der Waals surface area (Å²) < 4.78 is 0. The zero-order chi connectivity index (χ0) is 17.3. The van der Waals surface area contributed by atoms with Gasteiger partial charge in [-0.1, -0.05) is 0 Å². The van der Waals surface area contributed by atoms with Crippen LogP contribution in [0.4, 0.5) is 5.82 Å². The lowest BCUT2D eigenvalue weighted by molar-refractivity contribution is -0.131. The van der Waals surface area contributed by atoms with Gasteiger partial charge in [-0.25, -0.2) is 4.98 Å². The summed E-state index contributed by atoms with van der Waals surface area (Å²) in [6.45, 7) is 4.66. The van der Waals surface area contributed by atoms with E-state index in [1.807, 2.05) is 37.7 Å². The summed E-state index contributed by atoms with van der Waals surface area (Å²) in [6, 6.07) is 0.0115. The lowest BCUT2D eigenvalue weighted by Gasteiger charge is -2.25. The van der Waals surface area contributed by atoms with Gasteiger partial charge in [-0.05, 0) is 26.7 Å². The van der Waals surface area contributed by atoms with Crippen LogP contribution in [0.2, 0.25) is 0 Å². The first-order chi connectivity index (χ1) is 11.5. The maximum atomic E-state index is 12.8. The van der Waals surface area contributed by atoms with E-state index in [-0.39, 0.29) is 11.9 Å². The molecule has 1 atom stereocenters. The van der Waals surface area contributed by atoms with Gasteiger partial charge in [0.05, 0.1) is 36.2 Å². The Morgan fingerprint density at radius 1 is 1.38 bits per heavy atom. The molecule has 0 aromatic carbocycles. The molecule has 0 saturated carbocycles. The third-order valence-corrected chi connectivity index (χ3v) is 4.62. The van der Waals surface area contributed by atoms with Crippen molar-refractivity contribution in [3.63, 3.8) is 0 Å². The zero-order valence-corrected chi connectivity index (χ0v) is 14.7. The number of rotatable bonds is 4. The monoisotopic (exact) mass is 328 g/mol. The highest BCUT2D eigenvalue weighted by molar-refractivity contribution is 5.80. The second-order valence-corrected chi connectivity index (χ2v) is 6.53. The maximum Gasteiger partial charge on any atom is 0.227 e. The zero-order valence-electron chi connectivity index (χ0n) is 14.7. The lowest BCUT2D eigenvalue weighted by Crippen LogP contribution is -2.32. The number of aryl methyl sites for hydroxylation is 2. The van der Waals surface area contributed by atoms with E-state index in [4.69, 9.17) is 0 Å². The molecule has 1 aliphatic heterocycles. The van der Waals surface area contributed by atoms with Crippen molar-refractivity contribution in [2.75, 3.05) is 25.5 Å². The Kier molecular flexibility index (Phi) is 4.51. The normalized spacial score (nSPS) is 17.3. The van der Waals surface area contributed by atoms with Gasteiger partial charge in [0.15, 0.2) is 0 Å². The first-order valence-electron chi connectivity index (χ1n) is 8.26. The molecule has 0 bridgehead atoms. The van der Waals surface area contributed by atoms with Gasteiger partial charge in [-0.3, -0.25) is 14.9 Å². The maximum absolute atomic E-state index is 12.8. The third kappa shape index (κ3) is 3.11. The van der Waals surface area contributed by atoms with E-state index in [1.165, 1.54) is 0 Å². The Labute approximate surface area is 142 Å². The first kappa shape index (κ1) is 16.4. The smallest absolute Gasteiger partial charge is 0.227 e. The van der Waals surface area contributed by atoms with E-state index < -0.39 is 0 Å². The van der Waals surface area contributed by atoms with Crippen LogP contribution in [0.5, 0.6) is 0 Å². The number of aromatic amines is 1. The van der Waals surface area contributed by atoms with Crippen molar-refractivity contribution in [1.29, 1.82) is 0 Å². The molecule has 1 saturated heterocycles. The molecule has 0 spiro atoms. The van der Waals surface area contributed by atoms with Crippen molar-refractivity contribution in [2.24, 2.45) is 0 Å². The fourth-order valence-corrected chi connectivity index (χ4v) is 3.21. The van der Waals surface area contributed by atoms with Gasteiger partial charge in [-0.2, -0.15) is 5.10 Å². The van der Waals surface area contributed by atoms with Crippen molar-refractivity contribution in [3.05, 3.63) is 35.0 Å². The summed E-state index contributed by atoms with van der Waals surface area (Å²) in [5.41, 5.74) is 3.73. The average molecular weight is 328 g/mol. The molecule has 0 unspecified atom stereocenters. The molecule has 2 aromatic heterocycles. The Balaban J connectivity index is 1.80. The molecule has 1 amide bonds. The Hall–Kier alpha value is -2.44. The third-order valence-electron chi connectivity index (χ3n) is 4.62. The van der Waals surface area contributed by atoms with Gasteiger partial charge in [0.1, 0.15) is 5.82 Å². The van der Waals surface area contributed by atoms with E-state index in [2.05, 4.69) is 20.2 Å². The summed E-state index contributed by atoms with van der Waals surface area (Å²) in [7, 11) is 3.88. The lowest BCUT2D eigenvalue weighted by atomic mass is 10.1. The molecular weight excluding hydrogens is 304 g/mol. The van der Waals surface area contributed by atoms with Crippen LogP contribution in [0.15, 0.2) is 12.4 Å². The van der Waals surface area contributed by atoms with Crippen LogP contribution < -0.4 is 4.90 Å². The molecule has 0 radical (unpaired) electrons. The minimum Gasteiger partial charge on any atom is -0.361 e. The number of hydrogen-bond donors (Lipinski definition) is 1. The van der Waals surface area contributed by atoms with Gasteiger partial charge < -0.3 is 9.80 Å². The predicted molar refractivity (Wildman–Crippen MR) is 91.8 cm³/mol. The number of amides is 1. The van der Waals surface area contributed by atoms with Gasteiger partial charge in [-0.15, -0.1) is 0 Å². The van der Waals surface area contributed by atoms with Gasteiger partial charge in [0, 0.05) is 31.9 Å². The number of carbonyl (C=O) groups is 1. The van der Waals surface area contributed by atoms with Gasteiger partial charge in [0.2, 0.25) is 5.91 Å². The molecule has 2 aromatic rings. The summed E-state index contributed by atoms with van der Waals surface area (Å²) in [4.78, 5) is 25.7. The fourth-order valence-electron chi connectivity index (χ4n) is 3.21. The molecular formula is C17H24N6O. The van der Waals surface area contributed by atoms with Crippen molar-refractivity contribution in [3.8, 4) is 0 Å². The second kappa shape index (κ2) is 6.59. The van der Waals surface area contributed by atoms with E-state index >= 15 is 0 Å². The number of H-pyrrole nitrogens is 1. The predicted octanol–water partition coefficient (Wildman–Crippen LogP) is 1.79. The SMILES string of the molecule is Cc1n[nH]c(C)c1CC(=O)N1CCC[C@H]1c1cncc(N(C)C)n1. The van der Waals surface area contributed by atoms with Crippen molar-refractivity contribution >= 4 is 11.7 Å². The van der Waals surface area contributed by atoms with Crippen LogP contribution >= 0.6 is 0 Å². The van der Waals surface area contributed by atoms with Crippen LogP contribution in [-0.4, -0.2) is 51.6 Å². The van der Waals surface area contributed by atoms with Crippen molar-refractivity contribution in [2.45, 2.75) is 39.2 Å². The van der Waals surface area contributed by atoms with Crippen LogP contribution in [0.25, 0.3) is 0 Å². The van der Waals surface area contributed by atoms with Crippen LogP contribution in [-0.2, 0) is 11.2 Å². The molecule has 128 valence electrons. The minimum absolute atomic E-state index is 0.0115. The van der Waals surface area contributed by atoms with E-state index in [0.717, 1.165) is 47.8 Å². The number of aromatic nitrogens is 4. The number of anilines is 1. The largest absolute Gasteiger partial charge is 0.361 e. The van der Waals surface area contributed by atoms with Crippen LogP contribution in [0.1, 0.15) is 41.5 Å². The topological polar surface area (TPSA) is 78.0 Å². The summed E-state index contributed by atoms with van der Waals surface area (Å²) in [6.07, 6.45) is 5.82. The quantitative estimate of drug-likeness (QED) is 0.926. The van der Waals surface area contributed by atoms with Crippen molar-refractivity contribution in [1.82, 2.24) is 25.1 Å². The summed E-state index contributed by atoms with van der Waals surface area (Å²) in [5.74, 6) is 0.940. The number of carbonyl (C=O) groups excluding carboxylic acids is 1. The summed E-state index contributed by atoms with van der Waals surface area (Å²) in [5, 5.41) is 7.13. The van der Waals surface area contributed by atoms with E-state index in [0.29, 0.717) is 6.42 Å². The Bertz CT molecular complexity index is 719. The van der Waals surface area contributed by atoms with E-state index in [1.54, 1.807) is 12.4 Å². The fraction of sp³-hybridized carbons (Fsp3) is 0.529. The number of nitrogens with zero attached hydrogens (tertiary/aromatic N) is 5. The molecule has 7 nitrogen and oxygen atoms in total. The van der Waals surface area contributed by atoms with Crippen LogP contribution in [0.3, 0.4) is 0 Å². The summed E-state index contributed by atoms with van der Waals surface area (Å²) >= 11 is 0. The highest BCUT2D eigenvalue weighted by Gasteiger charge is 2.32. The standard InChI is InChI=1S/C17H24N6O/c1-11-13(12(2)21-20-11)8-17(24)23-7-5-6-15(23)14-9-18-10-16(19-14)22(3)4/h9-10,15H,5-8H2,1-4H3,(H,20,21)/t15-/m0/s1. The average Bonchev–Trinajstić information content (AvgIpc) is 3.17. The number of nitrogens with one attached hydrogen (secondary N) is 1. The highest BCUT2D eigenvalue weighted by atomic mass is 16.2. The van der Waals surface area contributed by atoms with E-state index in [9.17, 15) is 4.79 Å². The molecule has 1 N–H and O–H groups in total. The van der Waals surface area contributed by atoms with Gasteiger partial charge in [0.25, 0.3) is 0 Å². The molecule has 24 heavy (non-hydrogen) atoms. The molecule has 3 heterocycles. The van der Waals surface area contributed by atoms with Gasteiger partial charge >= 0.3 is 0 Å². The molecule has 1 fully saturated rings. The second-order valence-electron chi connectivity index (χ2n) is 6.53. The minimum atomic E-state index is 0.0115. The molecule has 7 heteroatoms. The molecule has 0 aliphatic carbocycles. The molecule has 1 aliphatic rings. The first-order valence-corrected chi connectivity index (χ1v) is 8.26. The number of hydrogen-bond acceptors (Lipinski definition) is 5. The Morgan fingerprint density at radius 2 is 2.17 bits per heavy atom.